The Bertz CT molecular complexity index is 1060. The lowest BCUT2D eigenvalue weighted by Crippen LogP contribution is -2.23. The number of aromatic nitrogens is 2. The fourth-order valence-electron chi connectivity index (χ4n) is 2.44. The number of halogens is 1. The summed E-state index contributed by atoms with van der Waals surface area (Å²) in [7, 11) is 0. The Morgan fingerprint density at radius 2 is 2.04 bits per heavy atom. The molecule has 0 fully saturated rings. The van der Waals surface area contributed by atoms with Crippen molar-refractivity contribution in [3.8, 4) is 0 Å². The maximum Gasteiger partial charge on any atom is 0.306 e. The minimum absolute atomic E-state index is 0.0505. The molecule has 0 aliphatic rings. The van der Waals surface area contributed by atoms with Crippen LogP contribution in [0.15, 0.2) is 53.6 Å². The largest absolute Gasteiger partial charge is 0.326 e. The van der Waals surface area contributed by atoms with Gasteiger partial charge in [0.1, 0.15) is 0 Å². The third-order valence-electron chi connectivity index (χ3n) is 3.74. The second-order valence-electron chi connectivity index (χ2n) is 5.48. The van der Waals surface area contributed by atoms with Crippen molar-refractivity contribution in [1.82, 2.24) is 9.55 Å². The lowest BCUT2D eigenvalue weighted by atomic mass is 10.2. The number of carbonyl (C=O) groups is 1. The summed E-state index contributed by atoms with van der Waals surface area (Å²) in [4.78, 5) is 38.4. The molecule has 3 aromatic rings. The van der Waals surface area contributed by atoms with Gasteiger partial charge in [-0.3, -0.25) is 24.3 Å². The summed E-state index contributed by atoms with van der Waals surface area (Å²) < 4.78 is 14.6. The van der Waals surface area contributed by atoms with Crippen LogP contribution in [0.2, 0.25) is 0 Å². The number of benzene rings is 2. The van der Waals surface area contributed by atoms with Crippen molar-refractivity contribution in [3.05, 3.63) is 75.1 Å². The predicted octanol–water partition coefficient (Wildman–Crippen LogP) is 2.47. The molecule has 1 N–H and O–H groups in total. The Balaban J connectivity index is 1.70. The molecule has 8 nitrogen and oxygen atoms in total. The molecule has 0 bridgehead atoms. The SMILES string of the molecule is O=C(CCn1cnc2ccccc2c1=O)Nc1ccc(F)c([N+](=O)[O-])c1. The van der Waals surface area contributed by atoms with E-state index in [0.29, 0.717) is 10.9 Å². The summed E-state index contributed by atoms with van der Waals surface area (Å²) in [5, 5.41) is 13.6. The third kappa shape index (κ3) is 3.56. The molecule has 3 rings (SSSR count). The van der Waals surface area contributed by atoms with E-state index in [-0.39, 0.29) is 24.2 Å². The molecule has 0 aliphatic heterocycles. The molecular formula is C17H13FN4O4. The number of hydrogen-bond acceptors (Lipinski definition) is 5. The van der Waals surface area contributed by atoms with Gasteiger partial charge in [0.25, 0.3) is 5.56 Å². The Hall–Kier alpha value is -3.62. The van der Waals surface area contributed by atoms with Crippen LogP contribution in [0, 0.1) is 15.9 Å². The Labute approximate surface area is 146 Å². The lowest BCUT2D eigenvalue weighted by Gasteiger charge is -2.08. The highest BCUT2D eigenvalue weighted by molar-refractivity contribution is 5.91. The first kappa shape index (κ1) is 17.2. The van der Waals surface area contributed by atoms with E-state index in [4.69, 9.17) is 0 Å². The van der Waals surface area contributed by atoms with Gasteiger partial charge in [0.15, 0.2) is 0 Å². The number of nitrogens with one attached hydrogen (secondary N) is 1. The number of hydrogen-bond donors (Lipinski definition) is 1. The maximum atomic E-state index is 13.3. The topological polar surface area (TPSA) is 107 Å². The number of fused-ring (bicyclic) bond motifs is 1. The number of anilines is 1. The number of nitro groups is 1. The van der Waals surface area contributed by atoms with E-state index in [0.717, 1.165) is 12.1 Å². The van der Waals surface area contributed by atoms with Gasteiger partial charge in [0.2, 0.25) is 11.7 Å². The van der Waals surface area contributed by atoms with Crippen molar-refractivity contribution in [2.75, 3.05) is 5.32 Å². The van der Waals surface area contributed by atoms with Gasteiger partial charge in [-0.2, -0.15) is 4.39 Å². The number of nitrogens with zero attached hydrogens (tertiary/aromatic N) is 3. The fraction of sp³-hybridized carbons (Fsp3) is 0.118. The van der Waals surface area contributed by atoms with Gasteiger partial charge >= 0.3 is 5.69 Å². The lowest BCUT2D eigenvalue weighted by molar-refractivity contribution is -0.387. The molecule has 0 saturated carbocycles. The molecular weight excluding hydrogens is 343 g/mol. The van der Waals surface area contributed by atoms with Crippen LogP contribution in [0.1, 0.15) is 6.42 Å². The van der Waals surface area contributed by atoms with E-state index in [1.807, 2.05) is 0 Å². The van der Waals surface area contributed by atoms with Gasteiger partial charge in [0, 0.05) is 24.7 Å². The molecule has 132 valence electrons. The zero-order valence-electron chi connectivity index (χ0n) is 13.4. The smallest absolute Gasteiger partial charge is 0.306 e. The number of nitro benzene ring substituents is 1. The number of carbonyl (C=O) groups excluding carboxylic acids is 1. The summed E-state index contributed by atoms with van der Waals surface area (Å²) in [6, 6.07) is 9.94. The number of amides is 1. The molecule has 0 radical (unpaired) electrons. The fourth-order valence-corrected chi connectivity index (χ4v) is 2.44. The van der Waals surface area contributed by atoms with Gasteiger partial charge in [0.05, 0.1) is 22.2 Å². The van der Waals surface area contributed by atoms with Crippen LogP contribution in [0.4, 0.5) is 15.8 Å². The predicted molar refractivity (Wildman–Crippen MR) is 92.3 cm³/mol. The summed E-state index contributed by atoms with van der Waals surface area (Å²) in [5.74, 6) is -1.45. The first-order valence-electron chi connectivity index (χ1n) is 7.63. The number of para-hydroxylation sites is 1. The first-order valence-corrected chi connectivity index (χ1v) is 7.63. The number of aryl methyl sites for hydroxylation is 1. The maximum absolute atomic E-state index is 13.3. The molecule has 0 unspecified atom stereocenters. The molecule has 9 heteroatoms. The summed E-state index contributed by atoms with van der Waals surface area (Å²) in [6.07, 6.45) is 1.31. The number of rotatable bonds is 5. The molecule has 0 atom stereocenters. The van der Waals surface area contributed by atoms with Crippen molar-refractivity contribution in [1.29, 1.82) is 0 Å². The monoisotopic (exact) mass is 356 g/mol. The van der Waals surface area contributed by atoms with Gasteiger partial charge in [-0.05, 0) is 24.3 Å². The second-order valence-corrected chi connectivity index (χ2v) is 5.48. The highest BCUT2D eigenvalue weighted by atomic mass is 19.1. The normalized spacial score (nSPS) is 10.7. The van der Waals surface area contributed by atoms with Crippen molar-refractivity contribution < 1.29 is 14.1 Å². The van der Waals surface area contributed by atoms with Crippen LogP contribution in [0.25, 0.3) is 10.9 Å². The Morgan fingerprint density at radius 1 is 1.27 bits per heavy atom. The molecule has 1 aromatic heterocycles. The van der Waals surface area contributed by atoms with Crippen molar-refractivity contribution in [2.45, 2.75) is 13.0 Å². The van der Waals surface area contributed by atoms with E-state index in [9.17, 15) is 24.1 Å². The highest BCUT2D eigenvalue weighted by Gasteiger charge is 2.15. The second kappa shape index (κ2) is 7.09. The van der Waals surface area contributed by atoms with E-state index in [2.05, 4.69) is 10.3 Å². The molecule has 0 spiro atoms. The summed E-state index contributed by atoms with van der Waals surface area (Å²) in [6.45, 7) is 0.0891. The van der Waals surface area contributed by atoms with Crippen molar-refractivity contribution in [3.63, 3.8) is 0 Å². The quantitative estimate of drug-likeness (QED) is 0.558. The Kier molecular flexibility index (Phi) is 4.70. The zero-order chi connectivity index (χ0) is 18.7. The van der Waals surface area contributed by atoms with Crippen molar-refractivity contribution >= 4 is 28.2 Å². The van der Waals surface area contributed by atoms with Gasteiger partial charge in [-0.1, -0.05) is 12.1 Å². The minimum Gasteiger partial charge on any atom is -0.326 e. The highest BCUT2D eigenvalue weighted by Crippen LogP contribution is 2.21. The van der Waals surface area contributed by atoms with E-state index in [1.165, 1.54) is 17.0 Å². The summed E-state index contributed by atoms with van der Waals surface area (Å²) >= 11 is 0. The van der Waals surface area contributed by atoms with Crippen molar-refractivity contribution in [2.24, 2.45) is 0 Å². The standard InChI is InChI=1S/C17H13FN4O4/c18-13-6-5-11(9-15(13)22(25)26)20-16(23)7-8-21-10-19-14-4-2-1-3-12(14)17(21)24/h1-6,9-10H,7-8H2,(H,20,23). The first-order chi connectivity index (χ1) is 12.5. The molecule has 0 saturated heterocycles. The van der Waals surface area contributed by atoms with E-state index < -0.39 is 22.3 Å². The van der Waals surface area contributed by atoms with Gasteiger partial charge in [-0.15, -0.1) is 0 Å². The average molecular weight is 356 g/mol. The zero-order valence-corrected chi connectivity index (χ0v) is 13.4. The molecule has 2 aromatic carbocycles. The molecule has 26 heavy (non-hydrogen) atoms. The van der Waals surface area contributed by atoms with Gasteiger partial charge in [-0.25, -0.2) is 4.98 Å². The minimum atomic E-state index is -0.984. The Morgan fingerprint density at radius 3 is 2.81 bits per heavy atom. The van der Waals surface area contributed by atoms with Crippen LogP contribution in [0.3, 0.4) is 0 Å². The van der Waals surface area contributed by atoms with E-state index in [1.54, 1.807) is 24.3 Å². The molecule has 1 heterocycles. The van der Waals surface area contributed by atoms with Crippen LogP contribution < -0.4 is 10.9 Å². The van der Waals surface area contributed by atoms with Crippen LogP contribution in [-0.4, -0.2) is 20.4 Å². The van der Waals surface area contributed by atoms with Crippen LogP contribution in [0.5, 0.6) is 0 Å². The molecule has 1 amide bonds. The van der Waals surface area contributed by atoms with Gasteiger partial charge < -0.3 is 5.32 Å². The van der Waals surface area contributed by atoms with Crippen LogP contribution >= 0.6 is 0 Å². The van der Waals surface area contributed by atoms with E-state index >= 15 is 0 Å². The summed E-state index contributed by atoms with van der Waals surface area (Å²) in [5.41, 5.74) is -0.317. The molecule has 0 aliphatic carbocycles. The van der Waals surface area contributed by atoms with Crippen LogP contribution in [-0.2, 0) is 11.3 Å². The average Bonchev–Trinajstić information content (AvgIpc) is 2.63. The third-order valence-corrected chi connectivity index (χ3v) is 3.74.